The smallest absolute Gasteiger partial charge is 0.256 e. The van der Waals surface area contributed by atoms with Gasteiger partial charge in [0.1, 0.15) is 11.6 Å². The topological polar surface area (TPSA) is 90.3 Å². The number of anilines is 1. The third kappa shape index (κ3) is 4.88. The van der Waals surface area contributed by atoms with Crippen LogP contribution in [0.25, 0.3) is 0 Å². The molecule has 0 aliphatic carbocycles. The number of aromatic nitrogens is 2. The van der Waals surface area contributed by atoms with Crippen molar-refractivity contribution in [2.45, 2.75) is 39.2 Å². The molecule has 1 unspecified atom stereocenters. The van der Waals surface area contributed by atoms with E-state index in [-0.39, 0.29) is 23.5 Å². The van der Waals surface area contributed by atoms with E-state index in [1.54, 1.807) is 35.0 Å². The lowest BCUT2D eigenvalue weighted by atomic mass is 10.2. The van der Waals surface area contributed by atoms with Crippen molar-refractivity contribution in [2.75, 3.05) is 23.4 Å². The first-order valence-electron chi connectivity index (χ1n) is 9.19. The van der Waals surface area contributed by atoms with Crippen molar-refractivity contribution >= 4 is 21.6 Å². The monoisotopic (exact) mass is 391 g/mol. The number of rotatable bonds is 7. The minimum atomic E-state index is -3.03. The maximum absolute atomic E-state index is 12.6. The Bertz CT molecular complexity index is 904. The number of amides is 1. The quantitative estimate of drug-likeness (QED) is 0.733. The third-order valence-electron chi connectivity index (χ3n) is 4.54. The highest BCUT2D eigenvalue weighted by molar-refractivity contribution is 7.91. The summed E-state index contributed by atoms with van der Waals surface area (Å²) in [5.74, 6) is 1.20. The van der Waals surface area contributed by atoms with Gasteiger partial charge in [-0.05, 0) is 44.0 Å². The first kappa shape index (κ1) is 19.4. The molecule has 1 N–H and O–H groups in total. The second-order valence-electron chi connectivity index (χ2n) is 6.85. The minimum absolute atomic E-state index is 0.0563. The fourth-order valence-corrected chi connectivity index (χ4v) is 4.77. The first-order chi connectivity index (χ1) is 12.9. The Labute approximate surface area is 159 Å². The zero-order valence-corrected chi connectivity index (χ0v) is 16.5. The molecule has 7 nitrogen and oxygen atoms in total. The van der Waals surface area contributed by atoms with E-state index < -0.39 is 9.84 Å². The van der Waals surface area contributed by atoms with Crippen LogP contribution in [0.4, 0.5) is 5.82 Å². The molecule has 1 atom stereocenters. The number of hydrogen-bond donors (Lipinski definition) is 1. The number of hydrogen-bond acceptors (Lipinski definition) is 5. The third-order valence-corrected chi connectivity index (χ3v) is 6.29. The molecule has 1 aromatic heterocycles. The van der Waals surface area contributed by atoms with E-state index in [9.17, 15) is 13.2 Å². The predicted molar refractivity (Wildman–Crippen MR) is 104 cm³/mol. The van der Waals surface area contributed by atoms with Gasteiger partial charge in [0.15, 0.2) is 9.84 Å². The van der Waals surface area contributed by atoms with Crippen molar-refractivity contribution in [3.63, 3.8) is 0 Å². The second-order valence-corrected chi connectivity index (χ2v) is 9.08. The molecule has 1 aliphatic rings. The SMILES string of the molecule is CCCCOc1ccc(C(=O)Nc2cc(C)nn2C2CCS(=O)(=O)C2)cc1. The summed E-state index contributed by atoms with van der Waals surface area (Å²) in [6.45, 7) is 4.58. The van der Waals surface area contributed by atoms with Crippen LogP contribution in [-0.2, 0) is 9.84 Å². The molecule has 2 aromatic rings. The predicted octanol–water partition coefficient (Wildman–Crippen LogP) is 2.98. The molecule has 0 spiro atoms. The highest BCUT2D eigenvalue weighted by Gasteiger charge is 2.31. The van der Waals surface area contributed by atoms with Crippen molar-refractivity contribution < 1.29 is 17.9 Å². The molecule has 0 radical (unpaired) electrons. The van der Waals surface area contributed by atoms with Gasteiger partial charge in [-0.2, -0.15) is 5.10 Å². The van der Waals surface area contributed by atoms with Crippen molar-refractivity contribution in [3.8, 4) is 5.75 Å². The van der Waals surface area contributed by atoms with E-state index in [1.165, 1.54) is 0 Å². The summed E-state index contributed by atoms with van der Waals surface area (Å²) >= 11 is 0. The average Bonchev–Trinajstić information content (AvgIpc) is 3.17. The number of aryl methyl sites for hydroxylation is 1. The Kier molecular flexibility index (Phi) is 5.84. The Morgan fingerprint density at radius 1 is 1.33 bits per heavy atom. The van der Waals surface area contributed by atoms with E-state index in [4.69, 9.17) is 4.74 Å². The lowest BCUT2D eigenvalue weighted by Gasteiger charge is -2.14. The van der Waals surface area contributed by atoms with Gasteiger partial charge in [0.2, 0.25) is 0 Å². The van der Waals surface area contributed by atoms with Gasteiger partial charge in [-0.1, -0.05) is 13.3 Å². The van der Waals surface area contributed by atoms with Gasteiger partial charge in [-0.15, -0.1) is 0 Å². The summed E-state index contributed by atoms with van der Waals surface area (Å²) in [5, 5.41) is 7.23. The number of sulfone groups is 1. The molecule has 0 bridgehead atoms. The van der Waals surface area contributed by atoms with Crippen LogP contribution < -0.4 is 10.1 Å². The van der Waals surface area contributed by atoms with Gasteiger partial charge >= 0.3 is 0 Å². The molecule has 1 aromatic carbocycles. The van der Waals surface area contributed by atoms with Crippen LogP contribution in [0.1, 0.15) is 48.3 Å². The number of carbonyl (C=O) groups is 1. The summed E-state index contributed by atoms with van der Waals surface area (Å²) in [6, 6.07) is 8.49. The Morgan fingerprint density at radius 3 is 2.70 bits per heavy atom. The Hall–Kier alpha value is -2.35. The van der Waals surface area contributed by atoms with Crippen LogP contribution in [0.5, 0.6) is 5.75 Å². The number of nitrogens with one attached hydrogen (secondary N) is 1. The average molecular weight is 391 g/mol. The summed E-state index contributed by atoms with van der Waals surface area (Å²) in [6.07, 6.45) is 2.56. The van der Waals surface area contributed by atoms with Gasteiger partial charge in [0.25, 0.3) is 5.91 Å². The lowest BCUT2D eigenvalue weighted by Crippen LogP contribution is -2.19. The zero-order chi connectivity index (χ0) is 19.4. The Balaban J connectivity index is 1.69. The molecule has 1 amide bonds. The summed E-state index contributed by atoms with van der Waals surface area (Å²) in [7, 11) is -3.03. The van der Waals surface area contributed by atoms with E-state index in [2.05, 4.69) is 17.3 Å². The zero-order valence-electron chi connectivity index (χ0n) is 15.6. The standard InChI is InChI=1S/C19H25N3O4S/c1-3-4-10-26-17-7-5-15(6-8-17)19(23)20-18-12-14(2)21-22(18)16-9-11-27(24,25)13-16/h5-8,12,16H,3-4,9-11,13H2,1-2H3,(H,20,23). The minimum Gasteiger partial charge on any atom is -0.494 e. The molecule has 1 aliphatic heterocycles. The first-order valence-corrected chi connectivity index (χ1v) is 11.0. The van der Waals surface area contributed by atoms with Gasteiger partial charge < -0.3 is 10.1 Å². The molecule has 27 heavy (non-hydrogen) atoms. The van der Waals surface area contributed by atoms with Gasteiger partial charge in [-0.25, -0.2) is 13.1 Å². The van der Waals surface area contributed by atoms with Gasteiger partial charge in [0, 0.05) is 11.6 Å². The molecule has 1 fully saturated rings. The van der Waals surface area contributed by atoms with E-state index >= 15 is 0 Å². The molecule has 0 saturated carbocycles. The molecule has 8 heteroatoms. The van der Waals surface area contributed by atoms with E-state index in [1.807, 2.05) is 6.92 Å². The number of unbranched alkanes of at least 4 members (excludes halogenated alkanes) is 1. The van der Waals surface area contributed by atoms with Crippen molar-refractivity contribution in [2.24, 2.45) is 0 Å². The summed E-state index contributed by atoms with van der Waals surface area (Å²) in [4.78, 5) is 12.6. The molecule has 1 saturated heterocycles. The number of ether oxygens (including phenoxy) is 1. The van der Waals surface area contributed by atoms with Crippen LogP contribution in [0.15, 0.2) is 30.3 Å². The van der Waals surface area contributed by atoms with Crippen LogP contribution in [-0.4, -0.2) is 42.2 Å². The Morgan fingerprint density at radius 2 is 2.07 bits per heavy atom. The maximum atomic E-state index is 12.6. The molecule has 3 rings (SSSR count). The highest BCUT2D eigenvalue weighted by Crippen LogP contribution is 2.27. The highest BCUT2D eigenvalue weighted by atomic mass is 32.2. The van der Waals surface area contributed by atoms with Crippen molar-refractivity contribution in [1.82, 2.24) is 9.78 Å². The maximum Gasteiger partial charge on any atom is 0.256 e. The van der Waals surface area contributed by atoms with E-state index in [0.29, 0.717) is 24.4 Å². The molecule has 2 heterocycles. The fourth-order valence-electron chi connectivity index (χ4n) is 3.08. The van der Waals surface area contributed by atoms with Crippen LogP contribution >= 0.6 is 0 Å². The second kappa shape index (κ2) is 8.12. The van der Waals surface area contributed by atoms with Gasteiger partial charge in [-0.3, -0.25) is 4.79 Å². The molecular formula is C19H25N3O4S. The number of benzene rings is 1. The molecule has 146 valence electrons. The largest absolute Gasteiger partial charge is 0.494 e. The summed E-state index contributed by atoms with van der Waals surface area (Å²) in [5.41, 5.74) is 1.23. The van der Waals surface area contributed by atoms with Crippen molar-refractivity contribution in [3.05, 3.63) is 41.6 Å². The lowest BCUT2D eigenvalue weighted by molar-refractivity contribution is 0.102. The number of carbonyl (C=O) groups excluding carboxylic acids is 1. The fraction of sp³-hybridized carbons (Fsp3) is 0.474. The number of nitrogens with zero attached hydrogens (tertiary/aromatic N) is 2. The normalized spacial score (nSPS) is 18.4. The van der Waals surface area contributed by atoms with Crippen LogP contribution in [0.2, 0.25) is 0 Å². The van der Waals surface area contributed by atoms with Crippen LogP contribution in [0, 0.1) is 6.92 Å². The summed E-state index contributed by atoms with van der Waals surface area (Å²) < 4.78 is 30.8. The molecular weight excluding hydrogens is 366 g/mol. The van der Waals surface area contributed by atoms with Gasteiger partial charge in [0.05, 0.1) is 29.8 Å². The van der Waals surface area contributed by atoms with Crippen LogP contribution in [0.3, 0.4) is 0 Å². The van der Waals surface area contributed by atoms with Crippen molar-refractivity contribution in [1.29, 1.82) is 0 Å². The van der Waals surface area contributed by atoms with E-state index in [0.717, 1.165) is 24.3 Å².